The highest BCUT2D eigenvalue weighted by molar-refractivity contribution is 6.05. The fourth-order valence-electron chi connectivity index (χ4n) is 2.73. The molecule has 1 atom stereocenters. The van der Waals surface area contributed by atoms with Crippen molar-refractivity contribution >= 4 is 17.5 Å². The lowest BCUT2D eigenvalue weighted by Crippen LogP contribution is -2.39. The number of benzene rings is 1. The van der Waals surface area contributed by atoms with Crippen LogP contribution >= 0.6 is 0 Å². The lowest BCUT2D eigenvalue weighted by molar-refractivity contribution is -0.140. The van der Waals surface area contributed by atoms with Crippen molar-refractivity contribution in [3.8, 4) is 0 Å². The van der Waals surface area contributed by atoms with Gasteiger partial charge in [-0.25, -0.2) is 0 Å². The summed E-state index contributed by atoms with van der Waals surface area (Å²) in [5.41, 5.74) is 1.76. The molecule has 1 aliphatic rings. The number of anilines is 1. The van der Waals surface area contributed by atoms with Gasteiger partial charge in [0.2, 0.25) is 11.8 Å². The number of nitrogens with one attached hydrogen (secondary N) is 1. The average molecular weight is 328 g/mol. The molecular weight excluding hydrogens is 309 g/mol. The molecule has 1 heterocycles. The molecule has 1 unspecified atom stereocenters. The zero-order valence-electron chi connectivity index (χ0n) is 12.8. The summed E-state index contributed by atoms with van der Waals surface area (Å²) in [7, 11) is 0. The molecule has 1 aromatic carbocycles. The molecular formula is C16H19F3N2O2. The highest BCUT2D eigenvalue weighted by Crippen LogP contribution is 2.34. The number of hydrogen-bond donors (Lipinski definition) is 1. The largest absolute Gasteiger partial charge is 0.405 e. The maximum atomic E-state index is 12.3. The number of carbonyl (C=O) groups is 2. The van der Waals surface area contributed by atoms with Crippen LogP contribution in [0.3, 0.4) is 0 Å². The number of para-hydroxylation sites is 1. The van der Waals surface area contributed by atoms with Crippen molar-refractivity contribution in [2.75, 3.05) is 18.0 Å². The maximum Gasteiger partial charge on any atom is 0.405 e. The number of hydrogen-bond acceptors (Lipinski definition) is 2. The van der Waals surface area contributed by atoms with Gasteiger partial charge in [0.15, 0.2) is 0 Å². The molecule has 23 heavy (non-hydrogen) atoms. The second kappa shape index (κ2) is 7.02. The van der Waals surface area contributed by atoms with Crippen LogP contribution in [-0.2, 0) is 9.59 Å². The van der Waals surface area contributed by atoms with Gasteiger partial charge in [-0.05, 0) is 30.4 Å². The molecule has 0 aromatic heterocycles. The molecule has 0 spiro atoms. The first-order chi connectivity index (χ1) is 10.8. The SMILES string of the molecule is CC1CCCN(C(=O)CC(=O)NCC(F)(F)F)c2ccccc21. The fraction of sp³-hybridized carbons (Fsp3) is 0.500. The Labute approximate surface area is 132 Å². The van der Waals surface area contributed by atoms with Crippen molar-refractivity contribution in [1.29, 1.82) is 0 Å². The van der Waals surface area contributed by atoms with E-state index in [0.29, 0.717) is 12.5 Å². The van der Waals surface area contributed by atoms with Gasteiger partial charge in [0, 0.05) is 12.2 Å². The van der Waals surface area contributed by atoms with E-state index in [9.17, 15) is 22.8 Å². The van der Waals surface area contributed by atoms with E-state index >= 15 is 0 Å². The molecule has 0 bridgehead atoms. The van der Waals surface area contributed by atoms with Gasteiger partial charge < -0.3 is 10.2 Å². The lowest BCUT2D eigenvalue weighted by atomic mass is 9.96. The normalized spacial score (nSPS) is 18.1. The summed E-state index contributed by atoms with van der Waals surface area (Å²) >= 11 is 0. The molecule has 0 fully saturated rings. The van der Waals surface area contributed by atoms with E-state index in [1.807, 2.05) is 18.2 Å². The summed E-state index contributed by atoms with van der Waals surface area (Å²) in [4.78, 5) is 25.4. The van der Waals surface area contributed by atoms with E-state index in [1.54, 1.807) is 11.4 Å². The standard InChI is InChI=1S/C16H19F3N2O2/c1-11-5-4-8-21(13-7-3-2-6-12(11)13)15(23)9-14(22)20-10-16(17,18)19/h2-3,6-7,11H,4-5,8-10H2,1H3,(H,20,22). The lowest BCUT2D eigenvalue weighted by Gasteiger charge is -2.23. The quantitative estimate of drug-likeness (QED) is 0.867. The molecule has 4 nitrogen and oxygen atoms in total. The Hall–Kier alpha value is -2.05. The summed E-state index contributed by atoms with van der Waals surface area (Å²) in [6.45, 7) is 1.11. The first-order valence-corrected chi connectivity index (χ1v) is 7.50. The Kier molecular flexibility index (Phi) is 5.28. The van der Waals surface area contributed by atoms with Crippen molar-refractivity contribution in [2.24, 2.45) is 0 Å². The number of alkyl halides is 3. The van der Waals surface area contributed by atoms with Crippen molar-refractivity contribution in [3.05, 3.63) is 29.8 Å². The first-order valence-electron chi connectivity index (χ1n) is 7.50. The molecule has 2 amide bonds. The number of halogens is 3. The maximum absolute atomic E-state index is 12.3. The number of carbonyl (C=O) groups excluding carboxylic acids is 2. The van der Waals surface area contributed by atoms with Gasteiger partial charge in [0.1, 0.15) is 13.0 Å². The Morgan fingerprint density at radius 3 is 2.70 bits per heavy atom. The number of rotatable bonds is 3. The summed E-state index contributed by atoms with van der Waals surface area (Å²) in [6.07, 6.45) is -3.37. The zero-order valence-corrected chi connectivity index (χ0v) is 12.8. The van der Waals surface area contributed by atoms with Crippen LogP contribution in [0.2, 0.25) is 0 Å². The second-order valence-electron chi connectivity index (χ2n) is 5.72. The average Bonchev–Trinajstić information content (AvgIpc) is 2.64. The van der Waals surface area contributed by atoms with Gasteiger partial charge in [-0.15, -0.1) is 0 Å². The van der Waals surface area contributed by atoms with Gasteiger partial charge >= 0.3 is 6.18 Å². The Bertz CT molecular complexity index is 587. The predicted molar refractivity (Wildman–Crippen MR) is 80.1 cm³/mol. The molecule has 0 radical (unpaired) electrons. The van der Waals surface area contributed by atoms with Gasteiger partial charge in [-0.1, -0.05) is 25.1 Å². The van der Waals surface area contributed by atoms with Crippen LogP contribution in [0.5, 0.6) is 0 Å². The molecule has 7 heteroatoms. The third kappa shape index (κ3) is 4.71. The fourth-order valence-corrected chi connectivity index (χ4v) is 2.73. The summed E-state index contributed by atoms with van der Waals surface area (Å²) in [6, 6.07) is 7.44. The van der Waals surface area contributed by atoms with Crippen molar-refractivity contribution in [1.82, 2.24) is 5.32 Å². The summed E-state index contributed by atoms with van der Waals surface area (Å²) in [5, 5.41) is 1.73. The molecule has 0 saturated carbocycles. The smallest absolute Gasteiger partial charge is 0.347 e. The van der Waals surface area contributed by atoms with Crippen LogP contribution in [-0.4, -0.2) is 31.1 Å². The van der Waals surface area contributed by atoms with E-state index in [4.69, 9.17) is 0 Å². The van der Waals surface area contributed by atoms with E-state index in [2.05, 4.69) is 6.92 Å². The Morgan fingerprint density at radius 2 is 2.00 bits per heavy atom. The van der Waals surface area contributed by atoms with Gasteiger partial charge in [0.05, 0.1) is 0 Å². The van der Waals surface area contributed by atoms with E-state index in [1.165, 1.54) is 4.90 Å². The highest BCUT2D eigenvalue weighted by Gasteiger charge is 2.29. The Balaban J connectivity index is 2.07. The number of nitrogens with zero attached hydrogens (tertiary/aromatic N) is 1. The molecule has 1 N–H and O–H groups in total. The highest BCUT2D eigenvalue weighted by atomic mass is 19.4. The second-order valence-corrected chi connectivity index (χ2v) is 5.72. The topological polar surface area (TPSA) is 49.4 Å². The molecule has 1 aliphatic heterocycles. The third-order valence-corrected chi connectivity index (χ3v) is 3.88. The van der Waals surface area contributed by atoms with Crippen molar-refractivity contribution in [3.63, 3.8) is 0 Å². The van der Waals surface area contributed by atoms with Crippen LogP contribution < -0.4 is 10.2 Å². The van der Waals surface area contributed by atoms with E-state index < -0.39 is 31.0 Å². The molecule has 2 rings (SSSR count). The van der Waals surface area contributed by atoms with Crippen molar-refractivity contribution < 1.29 is 22.8 Å². The van der Waals surface area contributed by atoms with E-state index in [-0.39, 0.29) is 0 Å². The molecule has 1 aromatic rings. The van der Waals surface area contributed by atoms with Crippen LogP contribution in [0.1, 0.15) is 37.7 Å². The minimum Gasteiger partial charge on any atom is -0.347 e. The molecule has 126 valence electrons. The minimum absolute atomic E-state index is 0.294. The van der Waals surface area contributed by atoms with Gasteiger partial charge in [-0.2, -0.15) is 13.2 Å². The Morgan fingerprint density at radius 1 is 1.30 bits per heavy atom. The minimum atomic E-state index is -4.48. The van der Waals surface area contributed by atoms with Crippen molar-refractivity contribution in [2.45, 2.75) is 38.3 Å². The number of fused-ring (bicyclic) bond motifs is 1. The monoisotopic (exact) mass is 328 g/mol. The zero-order chi connectivity index (χ0) is 17.0. The summed E-state index contributed by atoms with van der Waals surface area (Å²) in [5.74, 6) is -1.10. The van der Waals surface area contributed by atoms with Gasteiger partial charge in [-0.3, -0.25) is 9.59 Å². The predicted octanol–water partition coefficient (Wildman–Crippen LogP) is 2.99. The van der Waals surface area contributed by atoms with E-state index in [0.717, 1.165) is 24.1 Å². The summed E-state index contributed by atoms with van der Waals surface area (Å²) < 4.78 is 36.3. The molecule has 0 aliphatic carbocycles. The van der Waals surface area contributed by atoms with Crippen LogP contribution in [0.15, 0.2) is 24.3 Å². The van der Waals surface area contributed by atoms with Crippen LogP contribution in [0.4, 0.5) is 18.9 Å². The third-order valence-electron chi connectivity index (χ3n) is 3.88. The van der Waals surface area contributed by atoms with Crippen LogP contribution in [0.25, 0.3) is 0 Å². The first kappa shape index (κ1) is 17.3. The van der Waals surface area contributed by atoms with Gasteiger partial charge in [0.25, 0.3) is 0 Å². The molecule has 0 saturated heterocycles. The van der Waals surface area contributed by atoms with Crippen LogP contribution in [0, 0.1) is 0 Å². The number of amides is 2.